The van der Waals surface area contributed by atoms with Gasteiger partial charge in [-0.1, -0.05) is 20.8 Å². The normalized spacial score (nSPS) is 21.6. The van der Waals surface area contributed by atoms with Gasteiger partial charge in [0.25, 0.3) is 0 Å². The van der Waals surface area contributed by atoms with Crippen LogP contribution >= 0.6 is 0 Å². The van der Waals surface area contributed by atoms with Gasteiger partial charge in [0.1, 0.15) is 0 Å². The van der Waals surface area contributed by atoms with Gasteiger partial charge < -0.3 is 0 Å². The lowest BCUT2D eigenvalue weighted by atomic mass is 10.0. The summed E-state index contributed by atoms with van der Waals surface area (Å²) < 4.78 is 19.1. The van der Waals surface area contributed by atoms with Crippen molar-refractivity contribution in [3.8, 4) is 0 Å². The van der Waals surface area contributed by atoms with Gasteiger partial charge in [0.05, 0.1) is 6.67 Å². The molecule has 1 heteroatoms. The van der Waals surface area contributed by atoms with Gasteiger partial charge in [-0.15, -0.1) is 0 Å². The van der Waals surface area contributed by atoms with Gasteiger partial charge in [0, 0.05) is 1.37 Å². The maximum absolute atomic E-state index is 11.8. The average molecular weight is 105 g/mol. The van der Waals surface area contributed by atoms with E-state index in [9.17, 15) is 4.39 Å². The zero-order valence-electron chi connectivity index (χ0n) is 6.16. The molecule has 0 amide bonds. The number of halogens is 1. The van der Waals surface area contributed by atoms with Crippen molar-refractivity contribution >= 4 is 0 Å². The molecular formula is C6H13F. The molecule has 0 aromatic rings. The average Bonchev–Trinajstić information content (AvgIpc) is 1.67. The van der Waals surface area contributed by atoms with Crippen LogP contribution in [0.2, 0.25) is 0 Å². The van der Waals surface area contributed by atoms with Crippen molar-refractivity contribution in [3.05, 3.63) is 0 Å². The lowest BCUT2D eigenvalue weighted by molar-refractivity contribution is 0.311. The van der Waals surface area contributed by atoms with Crippen LogP contribution in [0.3, 0.4) is 0 Å². The zero-order chi connectivity index (χ0) is 6.78. The van der Waals surface area contributed by atoms with E-state index in [4.69, 9.17) is 1.37 Å². The standard InChI is InChI=1S/C6H13F/c1-5(2)6(3)4-7/h5-6H,4H2,1-3H3/i6D. The Morgan fingerprint density at radius 1 is 1.57 bits per heavy atom. The van der Waals surface area contributed by atoms with Crippen LogP contribution in [0.4, 0.5) is 4.39 Å². The predicted octanol–water partition coefficient (Wildman–Crippen LogP) is 2.25. The molecule has 0 aliphatic heterocycles. The highest BCUT2D eigenvalue weighted by molar-refractivity contribution is 4.52. The summed E-state index contributed by atoms with van der Waals surface area (Å²) in [5, 5.41) is 0. The zero-order valence-corrected chi connectivity index (χ0v) is 5.16. The highest BCUT2D eigenvalue weighted by Gasteiger charge is 2.03. The summed E-state index contributed by atoms with van der Waals surface area (Å²) in [6, 6.07) is 0. The minimum atomic E-state index is -0.875. The van der Waals surface area contributed by atoms with Gasteiger partial charge in [-0.25, -0.2) is 0 Å². The number of hydrogen-bond donors (Lipinski definition) is 0. The van der Waals surface area contributed by atoms with Crippen molar-refractivity contribution in [3.63, 3.8) is 0 Å². The van der Waals surface area contributed by atoms with Gasteiger partial charge in [-0.3, -0.25) is 4.39 Å². The maximum atomic E-state index is 11.8. The Labute approximate surface area is 46.1 Å². The number of rotatable bonds is 2. The first-order chi connectivity index (χ1) is 3.50. The summed E-state index contributed by atoms with van der Waals surface area (Å²) in [6.45, 7) is 4.77. The van der Waals surface area contributed by atoms with Crippen molar-refractivity contribution < 1.29 is 5.76 Å². The molecule has 0 fully saturated rings. The molecule has 1 unspecified atom stereocenters. The van der Waals surface area contributed by atoms with Gasteiger partial charge in [-0.05, 0) is 11.8 Å². The fourth-order valence-electron chi connectivity index (χ4n) is 0.154. The van der Waals surface area contributed by atoms with Crippen LogP contribution in [0, 0.1) is 11.8 Å². The molecule has 0 N–H and O–H groups in total. The van der Waals surface area contributed by atoms with E-state index in [1.54, 1.807) is 6.92 Å². The van der Waals surface area contributed by atoms with Gasteiger partial charge in [0.15, 0.2) is 0 Å². The molecule has 0 radical (unpaired) electrons. The quantitative estimate of drug-likeness (QED) is 0.505. The van der Waals surface area contributed by atoms with E-state index in [-0.39, 0.29) is 5.92 Å². The summed E-state index contributed by atoms with van der Waals surface area (Å²) in [7, 11) is 0. The predicted molar refractivity (Wildman–Crippen MR) is 30.0 cm³/mol. The van der Waals surface area contributed by atoms with E-state index in [0.29, 0.717) is 0 Å². The van der Waals surface area contributed by atoms with Gasteiger partial charge >= 0.3 is 0 Å². The first-order valence-electron chi connectivity index (χ1n) is 3.06. The smallest absolute Gasteiger partial charge is 0.0922 e. The molecule has 1 atom stereocenters. The van der Waals surface area contributed by atoms with Crippen LogP contribution in [0.15, 0.2) is 0 Å². The fraction of sp³-hybridized carbons (Fsp3) is 1.00. The van der Waals surface area contributed by atoms with Crippen molar-refractivity contribution in [2.24, 2.45) is 11.8 Å². The SMILES string of the molecule is [2H]C(C)(CF)C(C)C. The minimum Gasteiger partial charge on any atom is -0.251 e. The van der Waals surface area contributed by atoms with E-state index in [1.165, 1.54) is 0 Å². The van der Waals surface area contributed by atoms with E-state index < -0.39 is 12.6 Å². The molecule has 0 aliphatic carbocycles. The molecule has 0 aromatic heterocycles. The Morgan fingerprint density at radius 2 is 2.00 bits per heavy atom. The third kappa shape index (κ3) is 2.60. The van der Waals surface area contributed by atoms with E-state index in [0.717, 1.165) is 0 Å². The lowest BCUT2D eigenvalue weighted by Crippen LogP contribution is -2.04. The summed E-state index contributed by atoms with van der Waals surface area (Å²) >= 11 is 0. The molecular weight excluding hydrogens is 91.1 g/mol. The first kappa shape index (κ1) is 5.07. The third-order valence-electron chi connectivity index (χ3n) is 1.20. The second-order valence-corrected chi connectivity index (χ2v) is 2.13. The molecule has 0 heterocycles. The topological polar surface area (TPSA) is 0 Å². The second kappa shape index (κ2) is 3.00. The Kier molecular flexibility index (Phi) is 2.18. The van der Waals surface area contributed by atoms with Crippen LogP contribution in [-0.2, 0) is 0 Å². The van der Waals surface area contributed by atoms with Crippen LogP contribution < -0.4 is 0 Å². The Balaban J connectivity index is 3.71. The van der Waals surface area contributed by atoms with Crippen LogP contribution in [-0.4, -0.2) is 6.67 Å². The number of hydrogen-bond acceptors (Lipinski definition) is 0. The maximum Gasteiger partial charge on any atom is 0.0922 e. The summed E-state index contributed by atoms with van der Waals surface area (Å²) in [5.74, 6) is -0.771. The van der Waals surface area contributed by atoms with Gasteiger partial charge in [0.2, 0.25) is 0 Å². The van der Waals surface area contributed by atoms with Crippen LogP contribution in [0.25, 0.3) is 0 Å². The highest BCUT2D eigenvalue weighted by atomic mass is 19.1. The molecule has 0 spiro atoms. The van der Waals surface area contributed by atoms with E-state index >= 15 is 0 Å². The van der Waals surface area contributed by atoms with Crippen molar-refractivity contribution in [2.45, 2.75) is 20.8 Å². The highest BCUT2D eigenvalue weighted by Crippen LogP contribution is 2.08. The molecule has 0 aliphatic rings. The number of alkyl halides is 1. The van der Waals surface area contributed by atoms with Crippen molar-refractivity contribution in [1.82, 2.24) is 0 Å². The fourth-order valence-corrected chi connectivity index (χ4v) is 0.154. The largest absolute Gasteiger partial charge is 0.251 e. The molecule has 0 rings (SSSR count). The summed E-state index contributed by atoms with van der Waals surface area (Å²) in [5.41, 5.74) is 0. The van der Waals surface area contributed by atoms with E-state index in [1.807, 2.05) is 13.8 Å². The van der Waals surface area contributed by atoms with Crippen LogP contribution in [0.5, 0.6) is 0 Å². The van der Waals surface area contributed by atoms with E-state index in [2.05, 4.69) is 0 Å². The molecule has 0 saturated carbocycles. The van der Waals surface area contributed by atoms with Crippen molar-refractivity contribution in [2.75, 3.05) is 6.67 Å². The third-order valence-corrected chi connectivity index (χ3v) is 1.20. The van der Waals surface area contributed by atoms with Crippen LogP contribution in [0.1, 0.15) is 22.1 Å². The second-order valence-electron chi connectivity index (χ2n) is 2.13. The Bertz CT molecular complexity index is 68.9. The summed E-state index contributed by atoms with van der Waals surface area (Å²) in [6.07, 6.45) is 0. The minimum absolute atomic E-state index is 0.104. The molecule has 0 aromatic carbocycles. The Morgan fingerprint density at radius 3 is 2.00 bits per heavy atom. The van der Waals surface area contributed by atoms with Crippen molar-refractivity contribution in [1.29, 1.82) is 0 Å². The molecule has 0 saturated heterocycles. The Hall–Kier alpha value is -0.0700. The molecule has 0 nitrogen and oxygen atoms in total. The first-order valence-corrected chi connectivity index (χ1v) is 2.56. The van der Waals surface area contributed by atoms with Gasteiger partial charge in [-0.2, -0.15) is 0 Å². The lowest BCUT2D eigenvalue weighted by Gasteiger charge is -2.08. The molecule has 0 bridgehead atoms. The monoisotopic (exact) mass is 105 g/mol. The molecule has 44 valence electrons. The molecule has 7 heavy (non-hydrogen) atoms. The summed E-state index contributed by atoms with van der Waals surface area (Å²) in [4.78, 5) is 0.